The van der Waals surface area contributed by atoms with Gasteiger partial charge in [-0.25, -0.2) is 0 Å². The predicted octanol–water partition coefficient (Wildman–Crippen LogP) is 9.66. The summed E-state index contributed by atoms with van der Waals surface area (Å²) in [6.07, 6.45) is 28.9. The Labute approximate surface area is 174 Å². The lowest BCUT2D eigenvalue weighted by atomic mass is 10.0. The Morgan fingerprint density at radius 1 is 0.407 bits per heavy atom. The lowest BCUT2D eigenvalue weighted by molar-refractivity contribution is 0.298. The minimum atomic E-state index is -1.27. The molecule has 27 heavy (non-hydrogen) atoms. The molecule has 0 bridgehead atoms. The Hall–Kier alpha value is 0.177. The van der Waals surface area contributed by atoms with Crippen molar-refractivity contribution in [1.82, 2.24) is 0 Å². The molecule has 0 radical (unpaired) electrons. The molecule has 0 heterocycles. The summed E-state index contributed by atoms with van der Waals surface area (Å²) in [5.74, 6) is 0. The molecule has 0 aliphatic heterocycles. The summed E-state index contributed by atoms with van der Waals surface area (Å²) >= 11 is 0. The Morgan fingerprint density at radius 3 is 0.926 bits per heavy atom. The first kappa shape index (κ1) is 27.2. The zero-order chi connectivity index (χ0) is 20.1. The van der Waals surface area contributed by atoms with E-state index >= 15 is 0 Å². The van der Waals surface area contributed by atoms with E-state index in [0.717, 1.165) is 6.61 Å². The molecule has 0 spiro atoms. The molecule has 0 fully saturated rings. The van der Waals surface area contributed by atoms with Gasteiger partial charge >= 0.3 is 0 Å². The van der Waals surface area contributed by atoms with Crippen molar-refractivity contribution in [3.63, 3.8) is 0 Å². The van der Waals surface area contributed by atoms with Gasteiger partial charge in [-0.05, 0) is 26.1 Å². The van der Waals surface area contributed by atoms with Crippen LogP contribution in [0.1, 0.15) is 135 Å². The molecular formula is C25H54OSi. The maximum absolute atomic E-state index is 5.91. The minimum Gasteiger partial charge on any atom is -0.418 e. The van der Waals surface area contributed by atoms with Gasteiger partial charge in [-0.15, -0.1) is 0 Å². The standard InChI is InChI=1S/C25H54OSi/c1-5-6-7-8-9-10-11-12-13-14-15-16-17-18-19-20-21-22-23-24-25-26-27(2,3)4/h5-25H2,1-4H3. The van der Waals surface area contributed by atoms with Gasteiger partial charge in [0.2, 0.25) is 0 Å². The topological polar surface area (TPSA) is 9.23 Å². The lowest BCUT2D eigenvalue weighted by Crippen LogP contribution is -2.25. The van der Waals surface area contributed by atoms with E-state index in [9.17, 15) is 0 Å². The molecule has 0 aliphatic rings. The van der Waals surface area contributed by atoms with Crippen LogP contribution in [0.25, 0.3) is 0 Å². The van der Waals surface area contributed by atoms with Crippen LogP contribution in [0.3, 0.4) is 0 Å². The normalized spacial score (nSPS) is 12.0. The number of rotatable bonds is 22. The van der Waals surface area contributed by atoms with Gasteiger partial charge < -0.3 is 4.43 Å². The zero-order valence-corrected chi connectivity index (χ0v) is 20.8. The Kier molecular flexibility index (Phi) is 21.0. The summed E-state index contributed by atoms with van der Waals surface area (Å²) in [7, 11) is -1.27. The van der Waals surface area contributed by atoms with Crippen LogP contribution in [-0.4, -0.2) is 14.9 Å². The summed E-state index contributed by atoms with van der Waals surface area (Å²) in [4.78, 5) is 0. The first-order chi connectivity index (χ1) is 13.1. The highest BCUT2D eigenvalue weighted by atomic mass is 28.4. The van der Waals surface area contributed by atoms with Gasteiger partial charge in [0.15, 0.2) is 8.32 Å². The highest BCUT2D eigenvalue weighted by Crippen LogP contribution is 2.15. The summed E-state index contributed by atoms with van der Waals surface area (Å²) in [6.45, 7) is 10.1. The third-order valence-corrected chi connectivity index (χ3v) is 6.60. The van der Waals surface area contributed by atoms with E-state index in [1.54, 1.807) is 0 Å². The highest BCUT2D eigenvalue weighted by Gasteiger charge is 2.12. The van der Waals surface area contributed by atoms with Gasteiger partial charge in [-0.1, -0.05) is 129 Å². The van der Waals surface area contributed by atoms with Gasteiger partial charge in [-0.2, -0.15) is 0 Å². The second kappa shape index (κ2) is 20.9. The molecule has 0 atom stereocenters. The summed E-state index contributed by atoms with van der Waals surface area (Å²) in [5, 5.41) is 0. The van der Waals surface area contributed by atoms with Crippen molar-refractivity contribution < 1.29 is 4.43 Å². The van der Waals surface area contributed by atoms with E-state index in [2.05, 4.69) is 26.6 Å². The predicted molar refractivity (Wildman–Crippen MR) is 127 cm³/mol. The van der Waals surface area contributed by atoms with E-state index in [0.29, 0.717) is 0 Å². The fraction of sp³-hybridized carbons (Fsp3) is 1.00. The summed E-state index contributed by atoms with van der Waals surface area (Å²) in [5.41, 5.74) is 0. The van der Waals surface area contributed by atoms with E-state index in [1.165, 1.54) is 128 Å². The smallest absolute Gasteiger partial charge is 0.183 e. The van der Waals surface area contributed by atoms with Crippen molar-refractivity contribution >= 4 is 8.32 Å². The van der Waals surface area contributed by atoms with E-state index in [4.69, 9.17) is 4.43 Å². The van der Waals surface area contributed by atoms with E-state index < -0.39 is 8.32 Å². The summed E-state index contributed by atoms with van der Waals surface area (Å²) in [6, 6.07) is 0. The zero-order valence-electron chi connectivity index (χ0n) is 19.8. The van der Waals surface area contributed by atoms with Gasteiger partial charge in [0, 0.05) is 6.61 Å². The van der Waals surface area contributed by atoms with Crippen molar-refractivity contribution in [3.8, 4) is 0 Å². The van der Waals surface area contributed by atoms with Crippen molar-refractivity contribution in [2.24, 2.45) is 0 Å². The highest BCUT2D eigenvalue weighted by molar-refractivity contribution is 6.69. The number of hydrogen-bond donors (Lipinski definition) is 0. The third-order valence-electron chi connectivity index (χ3n) is 5.53. The molecule has 1 nitrogen and oxygen atoms in total. The van der Waals surface area contributed by atoms with Gasteiger partial charge in [0.25, 0.3) is 0 Å². The third kappa shape index (κ3) is 26.2. The van der Waals surface area contributed by atoms with Gasteiger partial charge in [0.1, 0.15) is 0 Å². The van der Waals surface area contributed by atoms with Gasteiger partial charge in [-0.3, -0.25) is 0 Å². The maximum Gasteiger partial charge on any atom is 0.183 e. The van der Waals surface area contributed by atoms with Gasteiger partial charge in [0.05, 0.1) is 0 Å². The molecule has 0 aromatic heterocycles. The quantitative estimate of drug-likeness (QED) is 0.130. The van der Waals surface area contributed by atoms with Crippen LogP contribution < -0.4 is 0 Å². The van der Waals surface area contributed by atoms with Crippen LogP contribution in [0, 0.1) is 0 Å². The first-order valence-corrected chi connectivity index (χ1v) is 16.1. The fourth-order valence-corrected chi connectivity index (χ4v) is 4.49. The van der Waals surface area contributed by atoms with Crippen molar-refractivity contribution in [2.45, 2.75) is 155 Å². The van der Waals surface area contributed by atoms with Crippen LogP contribution in [0.2, 0.25) is 19.6 Å². The van der Waals surface area contributed by atoms with Crippen molar-refractivity contribution in [3.05, 3.63) is 0 Å². The molecule has 0 saturated heterocycles. The Morgan fingerprint density at radius 2 is 0.667 bits per heavy atom. The summed E-state index contributed by atoms with van der Waals surface area (Å²) < 4.78 is 5.91. The van der Waals surface area contributed by atoms with E-state index in [1.807, 2.05) is 0 Å². The van der Waals surface area contributed by atoms with Crippen molar-refractivity contribution in [1.29, 1.82) is 0 Å². The average Bonchev–Trinajstić information content (AvgIpc) is 2.62. The molecule has 0 saturated carbocycles. The van der Waals surface area contributed by atoms with Crippen molar-refractivity contribution in [2.75, 3.05) is 6.61 Å². The van der Waals surface area contributed by atoms with Crippen LogP contribution in [0.15, 0.2) is 0 Å². The molecule has 0 aromatic rings. The number of unbranched alkanes of at least 4 members (excludes halogenated alkanes) is 19. The molecule has 0 unspecified atom stereocenters. The van der Waals surface area contributed by atoms with Crippen LogP contribution >= 0.6 is 0 Å². The minimum absolute atomic E-state index is 0.995. The average molecular weight is 399 g/mol. The SMILES string of the molecule is CCCCCCCCCCCCCCCCCCCCCCO[Si](C)(C)C. The maximum atomic E-state index is 5.91. The molecule has 164 valence electrons. The second-order valence-electron chi connectivity index (χ2n) is 9.68. The van der Waals surface area contributed by atoms with E-state index in [-0.39, 0.29) is 0 Å². The molecule has 0 amide bonds. The monoisotopic (exact) mass is 398 g/mol. The first-order valence-electron chi connectivity index (χ1n) is 12.7. The molecule has 2 heteroatoms. The largest absolute Gasteiger partial charge is 0.418 e. The molecule has 0 rings (SSSR count). The van der Waals surface area contributed by atoms with Crippen LogP contribution in [0.5, 0.6) is 0 Å². The fourth-order valence-electron chi connectivity index (χ4n) is 3.74. The molecular weight excluding hydrogens is 344 g/mol. The second-order valence-corrected chi connectivity index (χ2v) is 14.2. The molecule has 0 aliphatic carbocycles. The number of hydrogen-bond acceptors (Lipinski definition) is 1. The lowest BCUT2D eigenvalue weighted by Gasteiger charge is -2.16. The molecule has 0 aromatic carbocycles. The Bertz CT molecular complexity index is 272. The molecule has 0 N–H and O–H groups in total. The van der Waals surface area contributed by atoms with Crippen LogP contribution in [-0.2, 0) is 4.43 Å². The Balaban J connectivity index is 3.01. The van der Waals surface area contributed by atoms with Crippen LogP contribution in [0.4, 0.5) is 0 Å².